The average molecular weight is 380 g/mol. The highest BCUT2D eigenvalue weighted by molar-refractivity contribution is 5.75. The van der Waals surface area contributed by atoms with E-state index in [9.17, 15) is 4.79 Å². The molecule has 5 fully saturated rings. The second kappa shape index (κ2) is 7.55. The van der Waals surface area contributed by atoms with Crippen molar-refractivity contribution < 1.29 is 4.79 Å². The molecular formula is C24H33N3O. The molecule has 1 saturated heterocycles. The molecule has 4 saturated carbocycles. The molecule has 4 heteroatoms. The number of carbonyl (C=O) groups excluding carboxylic acids is 1. The molecule has 1 aliphatic heterocycles. The first-order chi connectivity index (χ1) is 13.7. The van der Waals surface area contributed by atoms with Gasteiger partial charge in [-0.2, -0.15) is 0 Å². The van der Waals surface area contributed by atoms with E-state index in [-0.39, 0.29) is 11.6 Å². The van der Waals surface area contributed by atoms with Crippen molar-refractivity contribution in [2.24, 2.45) is 17.8 Å². The van der Waals surface area contributed by atoms with E-state index >= 15 is 0 Å². The lowest BCUT2D eigenvalue weighted by Crippen LogP contribution is -2.63. The van der Waals surface area contributed by atoms with Gasteiger partial charge in [0.05, 0.1) is 0 Å². The lowest BCUT2D eigenvalue weighted by atomic mass is 9.53. The molecule has 6 rings (SSSR count). The van der Waals surface area contributed by atoms with Crippen LogP contribution in [0.2, 0.25) is 0 Å². The van der Waals surface area contributed by atoms with Gasteiger partial charge < -0.3 is 10.2 Å². The Kier molecular flexibility index (Phi) is 4.92. The number of hydrogen-bond acceptors (Lipinski definition) is 2. The van der Waals surface area contributed by atoms with Crippen LogP contribution in [0.4, 0.5) is 4.79 Å². The molecule has 0 radical (unpaired) electrons. The van der Waals surface area contributed by atoms with E-state index in [1.165, 1.54) is 44.1 Å². The Morgan fingerprint density at radius 3 is 2.18 bits per heavy atom. The fourth-order valence-corrected chi connectivity index (χ4v) is 6.61. The van der Waals surface area contributed by atoms with Crippen LogP contribution >= 0.6 is 0 Å². The topological polar surface area (TPSA) is 35.6 Å². The molecule has 0 aromatic heterocycles. The molecule has 2 amide bonds. The Bertz CT molecular complexity index is 685. The maximum atomic E-state index is 13.0. The summed E-state index contributed by atoms with van der Waals surface area (Å²) in [6.45, 7) is 4.58. The summed E-state index contributed by atoms with van der Waals surface area (Å²) >= 11 is 0. The molecule has 28 heavy (non-hydrogen) atoms. The number of benzene rings is 1. The summed E-state index contributed by atoms with van der Waals surface area (Å²) in [4.78, 5) is 17.5. The molecule has 0 spiro atoms. The molecule has 0 unspecified atom stereocenters. The zero-order valence-electron chi connectivity index (χ0n) is 16.9. The van der Waals surface area contributed by atoms with E-state index in [1.807, 2.05) is 6.07 Å². The molecule has 1 aromatic rings. The number of amides is 2. The van der Waals surface area contributed by atoms with E-state index in [0.29, 0.717) is 0 Å². The standard InChI is InChI=1S/C24H33N3O/c28-23(25-24-16-20-13-21(17-24)15-22(14-20)18-24)27-11-9-26(10-12-27)8-4-7-19-5-2-1-3-6-19/h1-7,20-22H,8-18H2,(H,25,28)/b7-4+. The number of piperazine rings is 1. The smallest absolute Gasteiger partial charge is 0.317 e. The number of carbonyl (C=O) groups is 1. The number of rotatable bonds is 4. The van der Waals surface area contributed by atoms with Crippen molar-refractivity contribution in [3.63, 3.8) is 0 Å². The molecule has 5 aliphatic rings. The highest BCUT2D eigenvalue weighted by Crippen LogP contribution is 2.55. The minimum absolute atomic E-state index is 0.126. The van der Waals surface area contributed by atoms with Gasteiger partial charge in [-0.05, 0) is 61.8 Å². The van der Waals surface area contributed by atoms with Crippen LogP contribution in [0.15, 0.2) is 36.4 Å². The molecule has 1 N–H and O–H groups in total. The van der Waals surface area contributed by atoms with E-state index in [0.717, 1.165) is 50.5 Å². The second-order valence-electron chi connectivity index (χ2n) is 9.73. The zero-order chi connectivity index (χ0) is 19.0. The molecule has 4 bridgehead atoms. The number of urea groups is 1. The van der Waals surface area contributed by atoms with Crippen LogP contribution in [0.3, 0.4) is 0 Å². The van der Waals surface area contributed by atoms with Gasteiger partial charge in [-0.15, -0.1) is 0 Å². The fourth-order valence-electron chi connectivity index (χ4n) is 6.61. The number of nitrogens with zero attached hydrogens (tertiary/aromatic N) is 2. The average Bonchev–Trinajstić information content (AvgIpc) is 2.68. The second-order valence-corrected chi connectivity index (χ2v) is 9.73. The Morgan fingerprint density at radius 2 is 1.57 bits per heavy atom. The highest BCUT2D eigenvalue weighted by atomic mass is 16.2. The SMILES string of the molecule is O=C(NC12CC3CC(CC(C3)C1)C2)N1CCN(C/C=C/c2ccccc2)CC1. The zero-order valence-corrected chi connectivity index (χ0v) is 16.9. The van der Waals surface area contributed by atoms with E-state index in [2.05, 4.69) is 51.5 Å². The minimum Gasteiger partial charge on any atom is -0.333 e. The van der Waals surface area contributed by atoms with Gasteiger partial charge in [0, 0.05) is 38.3 Å². The predicted octanol–water partition coefficient (Wildman–Crippen LogP) is 4.00. The minimum atomic E-state index is 0.126. The van der Waals surface area contributed by atoms with Crippen molar-refractivity contribution in [2.75, 3.05) is 32.7 Å². The maximum Gasteiger partial charge on any atom is 0.317 e. The monoisotopic (exact) mass is 379 g/mol. The Hall–Kier alpha value is -1.81. The first-order valence-corrected chi connectivity index (χ1v) is 11.2. The van der Waals surface area contributed by atoms with Crippen LogP contribution in [0.1, 0.15) is 44.1 Å². The van der Waals surface area contributed by atoms with Gasteiger partial charge >= 0.3 is 6.03 Å². The van der Waals surface area contributed by atoms with Gasteiger partial charge in [0.1, 0.15) is 0 Å². The number of nitrogens with one attached hydrogen (secondary N) is 1. The van der Waals surface area contributed by atoms with Crippen LogP contribution in [0.25, 0.3) is 6.08 Å². The summed E-state index contributed by atoms with van der Waals surface area (Å²) in [6, 6.07) is 10.6. The molecule has 4 nitrogen and oxygen atoms in total. The third-order valence-electron chi connectivity index (χ3n) is 7.54. The molecule has 150 valence electrons. The quantitative estimate of drug-likeness (QED) is 0.858. The molecule has 1 aromatic carbocycles. The summed E-state index contributed by atoms with van der Waals surface area (Å²) in [5, 5.41) is 3.53. The van der Waals surface area contributed by atoms with E-state index in [1.54, 1.807) is 0 Å². The lowest BCUT2D eigenvalue weighted by molar-refractivity contribution is -0.0164. The first-order valence-electron chi connectivity index (χ1n) is 11.2. The number of hydrogen-bond donors (Lipinski definition) is 1. The van der Waals surface area contributed by atoms with Crippen LogP contribution in [-0.4, -0.2) is 54.1 Å². The van der Waals surface area contributed by atoms with Crippen molar-refractivity contribution in [1.82, 2.24) is 15.1 Å². The van der Waals surface area contributed by atoms with Crippen LogP contribution in [-0.2, 0) is 0 Å². The van der Waals surface area contributed by atoms with Crippen molar-refractivity contribution >= 4 is 12.1 Å². The largest absolute Gasteiger partial charge is 0.333 e. The van der Waals surface area contributed by atoms with Crippen molar-refractivity contribution in [1.29, 1.82) is 0 Å². The van der Waals surface area contributed by atoms with Gasteiger partial charge in [-0.25, -0.2) is 4.79 Å². The molecule has 0 atom stereocenters. The maximum absolute atomic E-state index is 13.0. The third-order valence-corrected chi connectivity index (χ3v) is 7.54. The molecular weight excluding hydrogens is 346 g/mol. The summed E-state index contributed by atoms with van der Waals surface area (Å²) in [5.74, 6) is 2.62. The van der Waals surface area contributed by atoms with Gasteiger partial charge in [0.25, 0.3) is 0 Å². The van der Waals surface area contributed by atoms with Gasteiger partial charge in [0.15, 0.2) is 0 Å². The third kappa shape index (κ3) is 3.84. The highest BCUT2D eigenvalue weighted by Gasteiger charge is 2.51. The molecule has 1 heterocycles. The van der Waals surface area contributed by atoms with Gasteiger partial charge in [-0.3, -0.25) is 4.90 Å². The van der Waals surface area contributed by atoms with Crippen LogP contribution in [0.5, 0.6) is 0 Å². The van der Waals surface area contributed by atoms with Crippen molar-refractivity contribution in [3.05, 3.63) is 42.0 Å². The van der Waals surface area contributed by atoms with E-state index in [4.69, 9.17) is 0 Å². The Balaban J connectivity index is 1.10. The van der Waals surface area contributed by atoms with Crippen molar-refractivity contribution in [3.8, 4) is 0 Å². The van der Waals surface area contributed by atoms with Gasteiger partial charge in [-0.1, -0.05) is 42.5 Å². The fraction of sp³-hybridized carbons (Fsp3) is 0.625. The van der Waals surface area contributed by atoms with Gasteiger partial charge in [0.2, 0.25) is 0 Å². The molecule has 4 aliphatic carbocycles. The summed E-state index contributed by atoms with van der Waals surface area (Å²) in [5.41, 5.74) is 1.37. The van der Waals surface area contributed by atoms with E-state index < -0.39 is 0 Å². The predicted molar refractivity (Wildman–Crippen MR) is 113 cm³/mol. The van der Waals surface area contributed by atoms with Crippen LogP contribution in [0, 0.1) is 17.8 Å². The Labute approximate surface area is 169 Å². The lowest BCUT2D eigenvalue weighted by Gasteiger charge is -2.57. The summed E-state index contributed by atoms with van der Waals surface area (Å²) in [6.07, 6.45) is 12.4. The normalized spacial score (nSPS) is 34.9. The summed E-state index contributed by atoms with van der Waals surface area (Å²) < 4.78 is 0. The van der Waals surface area contributed by atoms with Crippen molar-refractivity contribution in [2.45, 2.75) is 44.1 Å². The summed E-state index contributed by atoms with van der Waals surface area (Å²) in [7, 11) is 0. The van der Waals surface area contributed by atoms with Crippen LogP contribution < -0.4 is 5.32 Å². The Morgan fingerprint density at radius 1 is 0.964 bits per heavy atom. The first kappa shape index (κ1) is 18.2.